The summed E-state index contributed by atoms with van der Waals surface area (Å²) < 4.78 is 27.5. The molecule has 8 nitrogen and oxygen atoms in total. The van der Waals surface area contributed by atoms with Crippen molar-refractivity contribution in [2.24, 2.45) is 0 Å². The second kappa shape index (κ2) is 5.17. The topological polar surface area (TPSA) is 110 Å². The van der Waals surface area contributed by atoms with Crippen LogP contribution >= 0.6 is 0 Å². The number of aromatic nitrogens is 2. The number of rotatable bonds is 3. The maximum atomic E-state index is 12.4. The van der Waals surface area contributed by atoms with Gasteiger partial charge in [-0.2, -0.15) is 9.40 Å². The molecule has 1 amide bonds. The molecule has 1 aliphatic rings. The maximum absolute atomic E-state index is 12.4. The molecule has 106 valence electrons. The van der Waals surface area contributed by atoms with Gasteiger partial charge in [0.05, 0.1) is 6.54 Å². The molecule has 3 N–H and O–H groups in total. The van der Waals surface area contributed by atoms with Gasteiger partial charge in [0.1, 0.15) is 4.90 Å². The number of nitrogen functional groups attached to an aromatic ring is 1. The van der Waals surface area contributed by atoms with Crippen molar-refractivity contribution in [3.8, 4) is 0 Å². The molecule has 1 fully saturated rings. The number of hydrogen-bond donors (Lipinski definition) is 2. The summed E-state index contributed by atoms with van der Waals surface area (Å²) in [6.07, 6.45) is 1.97. The number of aryl methyl sites for hydroxylation is 1. The molecule has 2 rings (SSSR count). The number of sulfonamides is 1. The van der Waals surface area contributed by atoms with Crippen LogP contribution in [0.25, 0.3) is 0 Å². The third-order valence-corrected chi connectivity index (χ3v) is 4.79. The Bertz CT molecular complexity index is 580. The number of anilines is 1. The van der Waals surface area contributed by atoms with Gasteiger partial charge < -0.3 is 11.1 Å². The van der Waals surface area contributed by atoms with Gasteiger partial charge in [0.25, 0.3) is 0 Å². The summed E-state index contributed by atoms with van der Waals surface area (Å²) in [5, 5.41) is 6.55. The Kier molecular flexibility index (Phi) is 3.76. The predicted molar refractivity (Wildman–Crippen MR) is 68.7 cm³/mol. The average molecular weight is 287 g/mol. The minimum Gasteiger partial charge on any atom is -0.381 e. The van der Waals surface area contributed by atoms with E-state index in [0.29, 0.717) is 19.5 Å². The van der Waals surface area contributed by atoms with Gasteiger partial charge in [-0.15, -0.1) is 0 Å². The second-order valence-corrected chi connectivity index (χ2v) is 6.18. The molecule has 0 spiro atoms. The van der Waals surface area contributed by atoms with Crippen LogP contribution in [0.4, 0.5) is 5.82 Å². The average Bonchev–Trinajstić information content (AvgIpc) is 2.60. The number of nitrogens with two attached hydrogens (primary N) is 1. The Morgan fingerprint density at radius 1 is 1.53 bits per heavy atom. The second-order valence-electron chi connectivity index (χ2n) is 4.28. The Morgan fingerprint density at radius 3 is 2.89 bits per heavy atom. The van der Waals surface area contributed by atoms with Crippen LogP contribution in [0.15, 0.2) is 11.1 Å². The molecule has 0 radical (unpaired) electrons. The van der Waals surface area contributed by atoms with Gasteiger partial charge in [0.2, 0.25) is 15.9 Å². The van der Waals surface area contributed by atoms with Crippen LogP contribution in [0.5, 0.6) is 0 Å². The van der Waals surface area contributed by atoms with E-state index in [-0.39, 0.29) is 29.7 Å². The van der Waals surface area contributed by atoms with Crippen molar-refractivity contribution in [1.82, 2.24) is 19.4 Å². The molecule has 1 saturated heterocycles. The van der Waals surface area contributed by atoms with Crippen LogP contribution in [0.2, 0.25) is 0 Å². The molecule has 0 bridgehead atoms. The largest absolute Gasteiger partial charge is 0.381 e. The van der Waals surface area contributed by atoms with Crippen LogP contribution in [0, 0.1) is 0 Å². The SMILES string of the molecule is CCn1cc(S(=O)(=O)N2CCCNC(=O)C2)c(N)n1. The fourth-order valence-electron chi connectivity index (χ4n) is 1.90. The van der Waals surface area contributed by atoms with Gasteiger partial charge in [-0.25, -0.2) is 8.42 Å². The van der Waals surface area contributed by atoms with Crippen LogP contribution in [0.3, 0.4) is 0 Å². The molecule has 19 heavy (non-hydrogen) atoms. The standard InChI is InChI=1S/C10H17N5O3S/c1-2-14-6-8(10(11)13-14)19(17,18)15-5-3-4-12-9(16)7-15/h6H,2-5,7H2,1H3,(H2,11,13)(H,12,16). The van der Waals surface area contributed by atoms with Gasteiger partial charge in [-0.05, 0) is 13.3 Å². The number of amides is 1. The van der Waals surface area contributed by atoms with Crippen molar-refractivity contribution in [2.75, 3.05) is 25.4 Å². The molecule has 0 saturated carbocycles. The van der Waals surface area contributed by atoms with Gasteiger partial charge >= 0.3 is 0 Å². The van der Waals surface area contributed by atoms with Crippen LogP contribution < -0.4 is 11.1 Å². The van der Waals surface area contributed by atoms with Gasteiger partial charge in [-0.1, -0.05) is 0 Å². The molecule has 1 aliphatic heterocycles. The van der Waals surface area contributed by atoms with E-state index in [1.165, 1.54) is 10.9 Å². The first kappa shape index (κ1) is 13.8. The Hall–Kier alpha value is -1.61. The Labute approximate surface area is 111 Å². The minimum atomic E-state index is -3.77. The lowest BCUT2D eigenvalue weighted by molar-refractivity contribution is -0.120. The van der Waals surface area contributed by atoms with Crippen molar-refractivity contribution in [2.45, 2.75) is 24.8 Å². The smallest absolute Gasteiger partial charge is 0.248 e. The van der Waals surface area contributed by atoms with Crippen LogP contribution in [-0.2, 0) is 21.4 Å². The highest BCUT2D eigenvalue weighted by Gasteiger charge is 2.31. The highest BCUT2D eigenvalue weighted by atomic mass is 32.2. The number of carbonyl (C=O) groups is 1. The minimum absolute atomic E-state index is 0.0356. The van der Waals surface area contributed by atoms with Crippen LogP contribution in [-0.4, -0.2) is 48.0 Å². The lowest BCUT2D eigenvalue weighted by atomic mass is 10.4. The van der Waals surface area contributed by atoms with Gasteiger partial charge in [-0.3, -0.25) is 9.48 Å². The van der Waals surface area contributed by atoms with E-state index in [0.717, 1.165) is 4.31 Å². The first-order valence-electron chi connectivity index (χ1n) is 6.05. The van der Waals surface area contributed by atoms with Crippen molar-refractivity contribution >= 4 is 21.7 Å². The Morgan fingerprint density at radius 2 is 2.26 bits per heavy atom. The van der Waals surface area contributed by atoms with E-state index in [9.17, 15) is 13.2 Å². The third kappa shape index (κ3) is 2.71. The number of nitrogens with zero attached hydrogens (tertiary/aromatic N) is 3. The van der Waals surface area contributed by atoms with Crippen molar-refractivity contribution in [3.05, 3.63) is 6.20 Å². The molecule has 1 aromatic heterocycles. The molecule has 0 unspecified atom stereocenters. The molecule has 0 aromatic carbocycles. The summed E-state index contributed by atoms with van der Waals surface area (Å²) in [6.45, 7) is 2.95. The van der Waals surface area contributed by atoms with E-state index < -0.39 is 10.0 Å². The van der Waals surface area contributed by atoms with Gasteiger partial charge in [0, 0.05) is 25.8 Å². The molecular formula is C10H17N5O3S. The van der Waals surface area contributed by atoms with Gasteiger partial charge in [0.15, 0.2) is 5.82 Å². The monoisotopic (exact) mass is 287 g/mol. The fourth-order valence-corrected chi connectivity index (χ4v) is 3.40. The zero-order chi connectivity index (χ0) is 14.0. The normalized spacial score (nSPS) is 18.1. The molecule has 9 heteroatoms. The maximum Gasteiger partial charge on any atom is 0.248 e. The summed E-state index contributed by atoms with van der Waals surface area (Å²) in [5.41, 5.74) is 5.65. The summed E-state index contributed by atoms with van der Waals surface area (Å²) in [5.74, 6) is -0.339. The van der Waals surface area contributed by atoms with E-state index in [1.54, 1.807) is 0 Å². The number of nitrogens with one attached hydrogen (secondary N) is 1. The van der Waals surface area contributed by atoms with Crippen molar-refractivity contribution < 1.29 is 13.2 Å². The number of hydrogen-bond acceptors (Lipinski definition) is 5. The van der Waals surface area contributed by atoms with E-state index >= 15 is 0 Å². The summed E-state index contributed by atoms with van der Waals surface area (Å²) >= 11 is 0. The summed E-state index contributed by atoms with van der Waals surface area (Å²) in [4.78, 5) is 11.4. The van der Waals surface area contributed by atoms with Crippen molar-refractivity contribution in [1.29, 1.82) is 0 Å². The zero-order valence-corrected chi connectivity index (χ0v) is 11.5. The summed E-state index contributed by atoms with van der Waals surface area (Å²) in [7, 11) is -3.77. The molecule has 1 aromatic rings. The predicted octanol–water partition coefficient (Wildman–Crippen LogP) is -1.00. The first-order chi connectivity index (χ1) is 8.95. The lowest BCUT2D eigenvalue weighted by Crippen LogP contribution is -2.37. The van der Waals surface area contributed by atoms with E-state index in [2.05, 4.69) is 10.4 Å². The third-order valence-electron chi connectivity index (χ3n) is 2.92. The lowest BCUT2D eigenvalue weighted by Gasteiger charge is -2.17. The first-order valence-corrected chi connectivity index (χ1v) is 7.49. The fraction of sp³-hybridized carbons (Fsp3) is 0.600. The Balaban J connectivity index is 2.35. The summed E-state index contributed by atoms with van der Waals surface area (Å²) in [6, 6.07) is 0. The molecule has 2 heterocycles. The number of carbonyl (C=O) groups excluding carboxylic acids is 1. The quantitative estimate of drug-likeness (QED) is 0.740. The van der Waals surface area contributed by atoms with Crippen molar-refractivity contribution in [3.63, 3.8) is 0 Å². The molecule has 0 atom stereocenters. The zero-order valence-electron chi connectivity index (χ0n) is 10.7. The highest BCUT2D eigenvalue weighted by Crippen LogP contribution is 2.21. The molecular weight excluding hydrogens is 270 g/mol. The highest BCUT2D eigenvalue weighted by molar-refractivity contribution is 7.89. The van der Waals surface area contributed by atoms with E-state index in [4.69, 9.17) is 5.73 Å². The molecule has 0 aliphatic carbocycles. The van der Waals surface area contributed by atoms with E-state index in [1.807, 2.05) is 6.92 Å². The van der Waals surface area contributed by atoms with Crippen LogP contribution in [0.1, 0.15) is 13.3 Å².